The summed E-state index contributed by atoms with van der Waals surface area (Å²) in [6.45, 7) is 6.55. The molecule has 0 radical (unpaired) electrons. The molecule has 0 saturated carbocycles. The van der Waals surface area contributed by atoms with Gasteiger partial charge in [0.2, 0.25) is 0 Å². The molecule has 0 aliphatic rings. The van der Waals surface area contributed by atoms with Crippen LogP contribution in [0.5, 0.6) is 0 Å². The monoisotopic (exact) mass is 233 g/mol. The summed E-state index contributed by atoms with van der Waals surface area (Å²) in [5, 5.41) is 3.75. The van der Waals surface area contributed by atoms with Gasteiger partial charge in [0, 0.05) is 5.38 Å². The Bertz CT molecular complexity index is 115. The second-order valence-corrected chi connectivity index (χ2v) is 5.19. The van der Waals surface area contributed by atoms with Gasteiger partial charge in [-0.25, -0.2) is 0 Å². The van der Waals surface area contributed by atoms with Gasteiger partial charge >= 0.3 is 0 Å². The van der Waals surface area contributed by atoms with Crippen LogP contribution >= 0.6 is 11.6 Å². The maximum absolute atomic E-state index is 5.85. The van der Waals surface area contributed by atoms with Crippen molar-refractivity contribution in [2.45, 2.75) is 70.6 Å². The summed E-state index contributed by atoms with van der Waals surface area (Å²) in [5.74, 6) is 0. The fraction of sp³-hybridized carbons (Fsp3) is 1.00. The SMILES string of the molecule is CCCCCCCCCNCCC(C)Cl. The van der Waals surface area contributed by atoms with E-state index >= 15 is 0 Å². The average Bonchev–Trinajstić information content (AvgIpc) is 2.20. The minimum absolute atomic E-state index is 0.312. The molecule has 0 fully saturated rings. The van der Waals surface area contributed by atoms with Gasteiger partial charge in [0.15, 0.2) is 0 Å². The van der Waals surface area contributed by atoms with E-state index in [0.29, 0.717) is 5.38 Å². The average molecular weight is 234 g/mol. The van der Waals surface area contributed by atoms with E-state index in [2.05, 4.69) is 19.2 Å². The van der Waals surface area contributed by atoms with Gasteiger partial charge in [-0.3, -0.25) is 0 Å². The number of alkyl halides is 1. The van der Waals surface area contributed by atoms with E-state index in [9.17, 15) is 0 Å². The lowest BCUT2D eigenvalue weighted by Gasteiger charge is -2.05. The van der Waals surface area contributed by atoms with Gasteiger partial charge in [-0.2, -0.15) is 0 Å². The Balaban J connectivity index is 2.87. The van der Waals surface area contributed by atoms with Crippen LogP contribution in [0.4, 0.5) is 0 Å². The van der Waals surface area contributed by atoms with Crippen LogP contribution in [-0.2, 0) is 0 Å². The first-order valence-electron chi connectivity index (χ1n) is 6.62. The summed E-state index contributed by atoms with van der Waals surface area (Å²) in [7, 11) is 0. The summed E-state index contributed by atoms with van der Waals surface area (Å²) in [5.41, 5.74) is 0. The van der Waals surface area contributed by atoms with Gasteiger partial charge in [0.05, 0.1) is 0 Å². The third-order valence-corrected chi connectivity index (χ3v) is 2.89. The molecule has 1 N–H and O–H groups in total. The highest BCUT2D eigenvalue weighted by atomic mass is 35.5. The van der Waals surface area contributed by atoms with E-state index < -0.39 is 0 Å². The van der Waals surface area contributed by atoms with E-state index in [1.54, 1.807) is 0 Å². The van der Waals surface area contributed by atoms with Gasteiger partial charge in [-0.1, -0.05) is 45.4 Å². The summed E-state index contributed by atoms with van der Waals surface area (Å²) < 4.78 is 0. The Morgan fingerprint density at radius 1 is 0.933 bits per heavy atom. The van der Waals surface area contributed by atoms with E-state index in [0.717, 1.165) is 19.5 Å². The van der Waals surface area contributed by atoms with E-state index in [1.807, 2.05) is 0 Å². The molecule has 1 unspecified atom stereocenters. The number of rotatable bonds is 11. The van der Waals surface area contributed by atoms with Crippen molar-refractivity contribution in [3.63, 3.8) is 0 Å². The fourth-order valence-corrected chi connectivity index (χ4v) is 1.74. The zero-order valence-electron chi connectivity index (χ0n) is 10.5. The molecule has 15 heavy (non-hydrogen) atoms. The largest absolute Gasteiger partial charge is 0.317 e. The van der Waals surface area contributed by atoms with E-state index in [-0.39, 0.29) is 0 Å². The highest BCUT2D eigenvalue weighted by molar-refractivity contribution is 6.20. The first-order chi connectivity index (χ1) is 7.27. The smallest absolute Gasteiger partial charge is 0.0319 e. The third-order valence-electron chi connectivity index (χ3n) is 2.68. The minimum atomic E-state index is 0.312. The summed E-state index contributed by atoms with van der Waals surface area (Å²) in [6, 6.07) is 0. The zero-order valence-corrected chi connectivity index (χ0v) is 11.3. The number of nitrogens with one attached hydrogen (secondary N) is 1. The van der Waals surface area contributed by atoms with Crippen LogP contribution in [-0.4, -0.2) is 18.5 Å². The van der Waals surface area contributed by atoms with Gasteiger partial charge in [-0.15, -0.1) is 11.6 Å². The Morgan fingerprint density at radius 3 is 2.13 bits per heavy atom. The Labute approximate surface area is 101 Å². The fourth-order valence-electron chi connectivity index (χ4n) is 1.63. The van der Waals surface area contributed by atoms with Crippen LogP contribution in [0.15, 0.2) is 0 Å². The van der Waals surface area contributed by atoms with Crippen LogP contribution in [0.1, 0.15) is 65.2 Å². The van der Waals surface area contributed by atoms with Crippen molar-refractivity contribution in [3.05, 3.63) is 0 Å². The van der Waals surface area contributed by atoms with Crippen molar-refractivity contribution in [3.8, 4) is 0 Å². The molecule has 0 spiro atoms. The highest BCUT2D eigenvalue weighted by Gasteiger charge is 1.95. The maximum atomic E-state index is 5.85. The van der Waals surface area contributed by atoms with Crippen molar-refractivity contribution in [2.75, 3.05) is 13.1 Å². The van der Waals surface area contributed by atoms with Gasteiger partial charge < -0.3 is 5.32 Å². The van der Waals surface area contributed by atoms with E-state index in [1.165, 1.54) is 44.9 Å². The summed E-state index contributed by atoms with van der Waals surface area (Å²) >= 11 is 5.85. The van der Waals surface area contributed by atoms with Crippen LogP contribution in [0.3, 0.4) is 0 Å². The molecule has 1 nitrogen and oxygen atoms in total. The van der Waals surface area contributed by atoms with Crippen LogP contribution in [0, 0.1) is 0 Å². The normalized spacial score (nSPS) is 13.0. The Morgan fingerprint density at radius 2 is 1.53 bits per heavy atom. The quantitative estimate of drug-likeness (QED) is 0.414. The summed E-state index contributed by atoms with van der Waals surface area (Å²) in [4.78, 5) is 0. The molecule has 0 aromatic carbocycles. The molecule has 0 rings (SSSR count). The Kier molecular flexibility index (Phi) is 12.5. The van der Waals surface area contributed by atoms with Crippen molar-refractivity contribution in [1.82, 2.24) is 5.32 Å². The molecule has 2 heteroatoms. The molecule has 0 heterocycles. The van der Waals surface area contributed by atoms with Crippen molar-refractivity contribution >= 4 is 11.6 Å². The standard InChI is InChI=1S/C13H28ClN/c1-3-4-5-6-7-8-9-11-15-12-10-13(2)14/h13,15H,3-12H2,1-2H3. The molecule has 0 aliphatic carbocycles. The highest BCUT2D eigenvalue weighted by Crippen LogP contribution is 2.06. The van der Waals surface area contributed by atoms with Crippen LogP contribution < -0.4 is 5.32 Å². The predicted molar refractivity (Wildman–Crippen MR) is 70.8 cm³/mol. The minimum Gasteiger partial charge on any atom is -0.317 e. The topological polar surface area (TPSA) is 12.0 Å². The summed E-state index contributed by atoms with van der Waals surface area (Å²) in [6.07, 6.45) is 10.8. The molecular weight excluding hydrogens is 206 g/mol. The Hall–Kier alpha value is 0.250. The molecule has 1 atom stereocenters. The molecule has 0 aromatic heterocycles. The molecule has 0 bridgehead atoms. The molecule has 0 amide bonds. The predicted octanol–water partition coefficient (Wildman–Crippen LogP) is 4.34. The second-order valence-electron chi connectivity index (χ2n) is 4.44. The zero-order chi connectivity index (χ0) is 11.4. The van der Waals surface area contributed by atoms with Crippen molar-refractivity contribution < 1.29 is 0 Å². The van der Waals surface area contributed by atoms with Crippen molar-refractivity contribution in [2.24, 2.45) is 0 Å². The lowest BCUT2D eigenvalue weighted by atomic mass is 10.1. The molecule has 0 aliphatic heterocycles. The number of hydrogen-bond acceptors (Lipinski definition) is 1. The van der Waals surface area contributed by atoms with Crippen LogP contribution in [0.2, 0.25) is 0 Å². The third kappa shape index (κ3) is 14.2. The molecular formula is C13H28ClN. The molecule has 0 saturated heterocycles. The van der Waals surface area contributed by atoms with Gasteiger partial charge in [-0.05, 0) is 32.9 Å². The van der Waals surface area contributed by atoms with Crippen LogP contribution in [0.25, 0.3) is 0 Å². The van der Waals surface area contributed by atoms with Crippen molar-refractivity contribution in [1.29, 1.82) is 0 Å². The number of halogens is 1. The first kappa shape index (κ1) is 15.2. The number of hydrogen-bond donors (Lipinski definition) is 1. The van der Waals surface area contributed by atoms with E-state index in [4.69, 9.17) is 11.6 Å². The maximum Gasteiger partial charge on any atom is 0.0319 e. The molecule has 0 aromatic rings. The second kappa shape index (κ2) is 12.3. The molecule has 92 valence electrons. The number of unbranched alkanes of at least 4 members (excludes halogenated alkanes) is 6. The lowest BCUT2D eigenvalue weighted by Crippen LogP contribution is -2.18. The first-order valence-corrected chi connectivity index (χ1v) is 7.05. The van der Waals surface area contributed by atoms with Gasteiger partial charge in [0.25, 0.3) is 0 Å². The van der Waals surface area contributed by atoms with Gasteiger partial charge in [0.1, 0.15) is 0 Å². The lowest BCUT2D eigenvalue weighted by molar-refractivity contribution is 0.556.